The second kappa shape index (κ2) is 6.50. The molecule has 0 aliphatic carbocycles. The highest BCUT2D eigenvalue weighted by molar-refractivity contribution is 7.99. The topological polar surface area (TPSA) is 50.4 Å². The fourth-order valence-corrected chi connectivity index (χ4v) is 4.80. The zero-order valence-electron chi connectivity index (χ0n) is 13.6. The summed E-state index contributed by atoms with van der Waals surface area (Å²) in [7, 11) is -3.18. The molecule has 23 heavy (non-hydrogen) atoms. The zero-order chi connectivity index (χ0) is 16.4. The van der Waals surface area contributed by atoms with Crippen LogP contribution in [0.1, 0.15) is 24.5 Å². The molecular formula is C17H21N2O2PS. The molecule has 1 aliphatic rings. The zero-order valence-corrected chi connectivity index (χ0v) is 15.3. The van der Waals surface area contributed by atoms with E-state index in [-0.39, 0.29) is 0 Å². The lowest BCUT2D eigenvalue weighted by atomic mass is 10.1. The quantitative estimate of drug-likeness (QED) is 0.526. The summed E-state index contributed by atoms with van der Waals surface area (Å²) in [5.74, 6) is 1.71. The lowest BCUT2D eigenvalue weighted by Crippen LogP contribution is -2.05. The number of benzene rings is 2. The van der Waals surface area contributed by atoms with Crippen molar-refractivity contribution in [1.29, 1.82) is 0 Å². The fraction of sp³-hybridized carbons (Fsp3) is 0.294. The molecule has 1 heterocycles. The number of hydrogen-bond donors (Lipinski definition) is 2. The highest BCUT2D eigenvalue weighted by atomic mass is 32.2. The third-order valence-corrected chi connectivity index (χ3v) is 6.29. The first-order chi connectivity index (χ1) is 11.0. The molecule has 1 unspecified atom stereocenters. The van der Waals surface area contributed by atoms with Gasteiger partial charge in [0.2, 0.25) is 0 Å². The summed E-state index contributed by atoms with van der Waals surface area (Å²) in [4.78, 5) is 1.17. The van der Waals surface area contributed by atoms with Gasteiger partial charge in [-0.1, -0.05) is 19.1 Å². The Hall–Kier alpha value is -1.58. The molecule has 1 atom stereocenters. The van der Waals surface area contributed by atoms with Crippen molar-refractivity contribution in [2.45, 2.75) is 32.1 Å². The third kappa shape index (κ3) is 3.67. The van der Waals surface area contributed by atoms with E-state index in [9.17, 15) is 4.57 Å². The van der Waals surface area contributed by atoms with Gasteiger partial charge >= 0.3 is 7.67 Å². The molecular weight excluding hydrogens is 327 g/mol. The highest BCUT2D eigenvalue weighted by Crippen LogP contribution is 2.55. The first-order valence-corrected chi connectivity index (χ1v) is 10.3. The van der Waals surface area contributed by atoms with Crippen molar-refractivity contribution in [3.8, 4) is 5.75 Å². The summed E-state index contributed by atoms with van der Waals surface area (Å²) in [6, 6.07) is 11.9. The molecule has 2 aromatic rings. The molecule has 0 fully saturated rings. The van der Waals surface area contributed by atoms with Gasteiger partial charge in [-0.05, 0) is 61.4 Å². The summed E-state index contributed by atoms with van der Waals surface area (Å²) in [6.45, 7) is 6.10. The number of aryl methyl sites for hydroxylation is 2. The van der Waals surface area contributed by atoms with Crippen LogP contribution in [0.15, 0.2) is 41.3 Å². The molecule has 0 bridgehead atoms. The normalized spacial score (nSPS) is 18.9. The van der Waals surface area contributed by atoms with Crippen LogP contribution in [0.5, 0.6) is 5.75 Å². The Balaban J connectivity index is 1.79. The van der Waals surface area contributed by atoms with Crippen molar-refractivity contribution in [3.05, 3.63) is 47.5 Å². The third-order valence-electron chi connectivity index (χ3n) is 3.57. The second-order valence-electron chi connectivity index (χ2n) is 5.69. The monoisotopic (exact) mass is 348 g/mol. The van der Waals surface area contributed by atoms with Crippen LogP contribution in [0.2, 0.25) is 0 Å². The largest absolute Gasteiger partial charge is 0.444 e. The molecule has 3 rings (SSSR count). The van der Waals surface area contributed by atoms with Crippen LogP contribution in [0, 0.1) is 13.8 Å². The summed E-state index contributed by atoms with van der Waals surface area (Å²) < 4.78 is 18.8. The van der Waals surface area contributed by atoms with E-state index in [1.807, 2.05) is 50.2 Å². The van der Waals surface area contributed by atoms with E-state index < -0.39 is 7.67 Å². The maximum atomic E-state index is 13.0. The van der Waals surface area contributed by atoms with Gasteiger partial charge in [-0.2, -0.15) is 0 Å². The number of thioether (sulfide) groups is 1. The van der Waals surface area contributed by atoms with Crippen LogP contribution in [-0.4, -0.2) is 5.75 Å². The lowest BCUT2D eigenvalue weighted by Gasteiger charge is -2.16. The van der Waals surface area contributed by atoms with Crippen LogP contribution in [0.3, 0.4) is 0 Å². The van der Waals surface area contributed by atoms with Crippen LogP contribution in [-0.2, 0) is 4.57 Å². The molecule has 0 spiro atoms. The minimum Gasteiger partial charge on any atom is -0.414 e. The highest BCUT2D eigenvalue weighted by Gasteiger charge is 2.33. The average molecular weight is 348 g/mol. The fourth-order valence-electron chi connectivity index (χ4n) is 2.36. The Morgan fingerprint density at radius 1 is 1.09 bits per heavy atom. The first-order valence-electron chi connectivity index (χ1n) is 7.69. The van der Waals surface area contributed by atoms with Gasteiger partial charge in [0.15, 0.2) is 0 Å². The maximum absolute atomic E-state index is 13.0. The number of fused-ring (bicyclic) bond motifs is 1. The SMILES string of the molecule is CCCSc1ccc2c(c1)NP(=O)(Oc1cc(C)ccc1C)N2. The molecule has 122 valence electrons. The van der Waals surface area contributed by atoms with E-state index in [0.717, 1.165) is 34.7 Å². The van der Waals surface area contributed by atoms with Crippen molar-refractivity contribution in [2.24, 2.45) is 0 Å². The van der Waals surface area contributed by atoms with Gasteiger partial charge in [0, 0.05) is 4.90 Å². The number of hydrogen-bond acceptors (Lipinski definition) is 3. The standard InChI is InChI=1S/C17H21N2O2PS/c1-4-9-23-14-7-8-15-16(11-14)19-22(20,18-15)21-17-10-12(2)5-6-13(17)3/h5-8,10-11H,4,9H2,1-3H3,(H2,18,19,20). The molecule has 0 amide bonds. The van der Waals surface area contributed by atoms with Gasteiger partial charge in [0.1, 0.15) is 5.75 Å². The second-order valence-corrected chi connectivity index (χ2v) is 8.59. The van der Waals surface area contributed by atoms with Crippen LogP contribution < -0.4 is 14.7 Å². The molecule has 4 nitrogen and oxygen atoms in total. The molecule has 0 saturated heterocycles. The van der Waals surface area contributed by atoms with Gasteiger partial charge < -0.3 is 4.52 Å². The summed E-state index contributed by atoms with van der Waals surface area (Å²) in [5, 5.41) is 6.03. The van der Waals surface area contributed by atoms with Gasteiger partial charge in [0.25, 0.3) is 0 Å². The first kappa shape index (κ1) is 16.3. The Morgan fingerprint density at radius 2 is 1.87 bits per heavy atom. The van der Waals surface area contributed by atoms with Crippen molar-refractivity contribution in [3.63, 3.8) is 0 Å². The Kier molecular flexibility index (Phi) is 4.60. The predicted molar refractivity (Wildman–Crippen MR) is 98.9 cm³/mol. The Labute approximate surface area is 141 Å². The average Bonchev–Trinajstić information content (AvgIpc) is 2.84. The Bertz CT molecular complexity index is 779. The summed E-state index contributed by atoms with van der Waals surface area (Å²) in [5.41, 5.74) is 3.69. The van der Waals surface area contributed by atoms with Gasteiger partial charge in [-0.15, -0.1) is 11.8 Å². The molecule has 6 heteroatoms. The van der Waals surface area contributed by atoms with E-state index in [4.69, 9.17) is 4.52 Å². The smallest absolute Gasteiger partial charge is 0.414 e. The molecule has 1 aliphatic heterocycles. The summed E-state index contributed by atoms with van der Waals surface area (Å²) >= 11 is 1.80. The maximum Gasteiger partial charge on any atom is 0.444 e. The van der Waals surface area contributed by atoms with E-state index in [1.54, 1.807) is 11.8 Å². The van der Waals surface area contributed by atoms with Crippen LogP contribution >= 0.6 is 19.4 Å². The van der Waals surface area contributed by atoms with Crippen molar-refractivity contribution < 1.29 is 9.09 Å². The van der Waals surface area contributed by atoms with Gasteiger partial charge in [-0.3, -0.25) is 10.2 Å². The van der Waals surface area contributed by atoms with Crippen molar-refractivity contribution in [1.82, 2.24) is 0 Å². The lowest BCUT2D eigenvalue weighted by molar-refractivity contribution is 0.492. The molecule has 0 saturated carbocycles. The minimum atomic E-state index is -3.18. The number of rotatable bonds is 5. The van der Waals surface area contributed by atoms with E-state index in [0.29, 0.717) is 5.75 Å². The van der Waals surface area contributed by atoms with Crippen molar-refractivity contribution in [2.75, 3.05) is 15.9 Å². The Morgan fingerprint density at radius 3 is 2.65 bits per heavy atom. The van der Waals surface area contributed by atoms with E-state index in [2.05, 4.69) is 17.1 Å². The number of anilines is 2. The molecule has 2 N–H and O–H groups in total. The minimum absolute atomic E-state index is 0.640. The molecule has 2 aromatic carbocycles. The van der Waals surface area contributed by atoms with Gasteiger partial charge in [-0.25, -0.2) is 4.57 Å². The van der Waals surface area contributed by atoms with Crippen molar-refractivity contribution >= 4 is 30.8 Å². The predicted octanol–water partition coefficient (Wildman–Crippen LogP) is 5.83. The van der Waals surface area contributed by atoms with Gasteiger partial charge in [0.05, 0.1) is 11.4 Å². The van der Waals surface area contributed by atoms with E-state index >= 15 is 0 Å². The van der Waals surface area contributed by atoms with Crippen LogP contribution in [0.4, 0.5) is 11.4 Å². The molecule has 0 aromatic heterocycles. The molecule has 0 radical (unpaired) electrons. The summed E-state index contributed by atoms with van der Waals surface area (Å²) in [6.07, 6.45) is 1.13. The number of nitrogens with one attached hydrogen (secondary N) is 2. The van der Waals surface area contributed by atoms with E-state index in [1.165, 1.54) is 4.90 Å². The van der Waals surface area contributed by atoms with Crippen LogP contribution in [0.25, 0.3) is 0 Å².